The number of nitrogens with zero attached hydrogens (tertiary/aromatic N) is 1. The van der Waals surface area contributed by atoms with E-state index in [1.165, 1.54) is 7.11 Å². The smallest absolute Gasteiger partial charge is 0.325 e. The lowest BCUT2D eigenvalue weighted by Crippen LogP contribution is -2.27. The van der Waals surface area contributed by atoms with Crippen LogP contribution in [0.1, 0.15) is 27.2 Å². The highest BCUT2D eigenvalue weighted by Gasteiger charge is 2.25. The fraction of sp³-hybridized carbons (Fsp3) is 0.818. The molecule has 1 rings (SSSR count). The highest BCUT2D eigenvalue weighted by molar-refractivity contribution is 8.14. The van der Waals surface area contributed by atoms with Gasteiger partial charge in [0.05, 0.1) is 13.7 Å². The fourth-order valence-electron chi connectivity index (χ4n) is 1.52. The van der Waals surface area contributed by atoms with Gasteiger partial charge in [-0.05, 0) is 11.8 Å². The Morgan fingerprint density at radius 1 is 1.62 bits per heavy atom. The molecule has 1 atom stereocenters. The molecule has 0 aliphatic carbocycles. The van der Waals surface area contributed by atoms with Gasteiger partial charge in [-0.1, -0.05) is 32.5 Å². The zero-order chi connectivity index (χ0) is 12.2. The molecule has 4 nitrogen and oxygen atoms in total. The van der Waals surface area contributed by atoms with Crippen LogP contribution in [0.4, 0.5) is 0 Å². The van der Waals surface area contributed by atoms with Crippen molar-refractivity contribution in [3.8, 4) is 0 Å². The molecule has 5 heteroatoms. The van der Waals surface area contributed by atoms with Gasteiger partial charge in [0.1, 0.15) is 6.54 Å². The molecule has 0 spiro atoms. The molecule has 0 amide bonds. The molecule has 1 unspecified atom stereocenters. The van der Waals surface area contributed by atoms with Crippen molar-refractivity contribution in [1.29, 1.82) is 0 Å². The van der Waals surface area contributed by atoms with E-state index in [4.69, 9.17) is 0 Å². The number of esters is 1. The Labute approximate surface area is 101 Å². The number of aliphatic imine (C=N–C) groups is 1. The lowest BCUT2D eigenvalue weighted by molar-refractivity contribution is -0.139. The molecule has 1 N–H and O–H groups in total. The maximum atomic E-state index is 10.9. The zero-order valence-corrected chi connectivity index (χ0v) is 11.2. The van der Waals surface area contributed by atoms with Gasteiger partial charge in [-0.25, -0.2) is 0 Å². The first-order valence-corrected chi connectivity index (χ1v) is 6.30. The third kappa shape index (κ3) is 4.88. The number of carbonyl (C=O) groups excluding carboxylic acids is 1. The van der Waals surface area contributed by atoms with Crippen molar-refractivity contribution in [1.82, 2.24) is 5.32 Å². The summed E-state index contributed by atoms with van der Waals surface area (Å²) in [6.07, 6.45) is 1.13. The van der Waals surface area contributed by atoms with Crippen LogP contribution in [0.25, 0.3) is 0 Å². The summed E-state index contributed by atoms with van der Waals surface area (Å²) in [5.74, 6) is -0.262. The number of rotatable bonds is 3. The van der Waals surface area contributed by atoms with Gasteiger partial charge in [-0.15, -0.1) is 0 Å². The number of amidine groups is 1. The summed E-state index contributed by atoms with van der Waals surface area (Å²) in [7, 11) is 1.38. The summed E-state index contributed by atoms with van der Waals surface area (Å²) >= 11 is 1.72. The van der Waals surface area contributed by atoms with E-state index < -0.39 is 0 Å². The van der Waals surface area contributed by atoms with E-state index >= 15 is 0 Å². The molecule has 0 bridgehead atoms. The maximum Gasteiger partial charge on any atom is 0.325 e. The molecular weight excluding hydrogens is 224 g/mol. The summed E-state index contributed by atoms with van der Waals surface area (Å²) in [4.78, 5) is 15.3. The molecule has 16 heavy (non-hydrogen) atoms. The monoisotopic (exact) mass is 244 g/mol. The Hall–Kier alpha value is -0.710. The van der Waals surface area contributed by atoms with Crippen LogP contribution in [-0.2, 0) is 9.53 Å². The normalized spacial score (nSPS) is 20.5. The molecule has 0 saturated carbocycles. The predicted octanol–water partition coefficient (Wildman–Crippen LogP) is 1.66. The van der Waals surface area contributed by atoms with Gasteiger partial charge in [0, 0.05) is 5.25 Å². The van der Waals surface area contributed by atoms with Crippen molar-refractivity contribution in [2.45, 2.75) is 32.4 Å². The number of nitrogens with one attached hydrogen (secondary N) is 1. The van der Waals surface area contributed by atoms with Crippen molar-refractivity contribution in [3.63, 3.8) is 0 Å². The molecular formula is C11H20N2O2S. The first-order valence-electron chi connectivity index (χ1n) is 5.42. The number of ether oxygens (including phenoxy) is 1. The number of hydrogen-bond donors (Lipinski definition) is 1. The lowest BCUT2D eigenvalue weighted by atomic mass is 9.90. The van der Waals surface area contributed by atoms with Gasteiger partial charge in [0.25, 0.3) is 0 Å². The standard InChI is InChI=1S/C11H20N2O2S/c1-11(2,3)5-8-6-12-10(16-8)13-7-9(14)15-4/h8H,5-7H2,1-4H3,(H,12,13). The van der Waals surface area contributed by atoms with Gasteiger partial charge >= 0.3 is 5.97 Å². The Kier molecular flexibility index (Phi) is 4.65. The summed E-state index contributed by atoms with van der Waals surface area (Å²) < 4.78 is 4.55. The molecule has 0 aromatic carbocycles. The summed E-state index contributed by atoms with van der Waals surface area (Å²) in [5, 5.41) is 4.38. The molecule has 0 radical (unpaired) electrons. The maximum absolute atomic E-state index is 10.9. The average molecular weight is 244 g/mol. The molecule has 1 heterocycles. The minimum absolute atomic E-state index is 0.199. The molecule has 0 saturated heterocycles. The Bertz CT molecular complexity index is 284. The predicted molar refractivity (Wildman–Crippen MR) is 67.8 cm³/mol. The summed E-state index contributed by atoms with van der Waals surface area (Å²) in [6, 6.07) is 0. The van der Waals surface area contributed by atoms with Crippen LogP contribution in [0.15, 0.2) is 4.99 Å². The number of carbonyl (C=O) groups is 1. The quantitative estimate of drug-likeness (QED) is 0.767. The highest BCUT2D eigenvalue weighted by Crippen LogP contribution is 2.31. The first-order chi connectivity index (χ1) is 7.40. The Balaban J connectivity index is 2.26. The third-order valence-corrected chi connectivity index (χ3v) is 3.31. The van der Waals surface area contributed by atoms with E-state index in [1.54, 1.807) is 11.8 Å². The third-order valence-electron chi connectivity index (χ3n) is 2.17. The van der Waals surface area contributed by atoms with Crippen molar-refractivity contribution in [2.24, 2.45) is 10.4 Å². The van der Waals surface area contributed by atoms with Crippen molar-refractivity contribution >= 4 is 22.9 Å². The zero-order valence-electron chi connectivity index (χ0n) is 10.4. The molecule has 0 aromatic rings. The first kappa shape index (κ1) is 13.4. The highest BCUT2D eigenvalue weighted by atomic mass is 32.2. The van der Waals surface area contributed by atoms with E-state index in [0.717, 1.165) is 18.1 Å². The number of methoxy groups -OCH3 is 1. The van der Waals surface area contributed by atoms with Gasteiger partial charge in [-0.3, -0.25) is 9.79 Å². The largest absolute Gasteiger partial charge is 0.468 e. The van der Waals surface area contributed by atoms with Gasteiger partial charge < -0.3 is 10.1 Å². The molecule has 0 aromatic heterocycles. The van der Waals surface area contributed by atoms with Crippen LogP contribution < -0.4 is 5.32 Å². The van der Waals surface area contributed by atoms with Crippen molar-refractivity contribution in [3.05, 3.63) is 0 Å². The SMILES string of the molecule is COC(=O)CNC1=NCC(CC(C)(C)C)S1. The fourth-order valence-corrected chi connectivity index (χ4v) is 2.88. The van der Waals surface area contributed by atoms with E-state index in [2.05, 4.69) is 35.8 Å². The van der Waals surface area contributed by atoms with Crippen LogP contribution in [0.3, 0.4) is 0 Å². The van der Waals surface area contributed by atoms with E-state index in [1.807, 2.05) is 0 Å². The van der Waals surface area contributed by atoms with Crippen LogP contribution in [0.2, 0.25) is 0 Å². The molecule has 0 fully saturated rings. The summed E-state index contributed by atoms with van der Waals surface area (Å²) in [5.41, 5.74) is 0.324. The second kappa shape index (κ2) is 5.57. The van der Waals surface area contributed by atoms with Crippen LogP contribution >= 0.6 is 11.8 Å². The lowest BCUT2D eigenvalue weighted by Gasteiger charge is -2.21. The van der Waals surface area contributed by atoms with Crippen molar-refractivity contribution in [2.75, 3.05) is 20.2 Å². The van der Waals surface area contributed by atoms with Crippen LogP contribution in [-0.4, -0.2) is 36.6 Å². The summed E-state index contributed by atoms with van der Waals surface area (Å²) in [6.45, 7) is 7.73. The second-order valence-corrected chi connectivity index (χ2v) is 6.37. The second-order valence-electron chi connectivity index (χ2n) is 5.08. The van der Waals surface area contributed by atoms with E-state index in [0.29, 0.717) is 10.7 Å². The number of thioether (sulfide) groups is 1. The van der Waals surface area contributed by atoms with Gasteiger partial charge in [0.15, 0.2) is 5.17 Å². The molecule has 1 aliphatic rings. The van der Waals surface area contributed by atoms with Gasteiger partial charge in [-0.2, -0.15) is 0 Å². The minimum Gasteiger partial charge on any atom is -0.468 e. The topological polar surface area (TPSA) is 50.7 Å². The number of hydrogen-bond acceptors (Lipinski definition) is 5. The van der Waals surface area contributed by atoms with E-state index in [9.17, 15) is 4.79 Å². The average Bonchev–Trinajstić information content (AvgIpc) is 2.59. The van der Waals surface area contributed by atoms with Crippen molar-refractivity contribution < 1.29 is 9.53 Å². The minimum atomic E-state index is -0.262. The molecule has 92 valence electrons. The molecule has 1 aliphatic heterocycles. The van der Waals surface area contributed by atoms with E-state index in [-0.39, 0.29) is 12.5 Å². The Morgan fingerprint density at radius 2 is 2.31 bits per heavy atom. The Morgan fingerprint density at radius 3 is 2.88 bits per heavy atom. The van der Waals surface area contributed by atoms with Crippen LogP contribution in [0, 0.1) is 5.41 Å². The van der Waals surface area contributed by atoms with Crippen LogP contribution in [0.5, 0.6) is 0 Å². The van der Waals surface area contributed by atoms with Gasteiger partial charge in [0.2, 0.25) is 0 Å².